The van der Waals surface area contributed by atoms with Crippen molar-refractivity contribution in [3.05, 3.63) is 40.1 Å². The number of hydrogen-bond acceptors (Lipinski definition) is 4. The molecule has 0 spiro atoms. The quantitative estimate of drug-likeness (QED) is 0.926. The van der Waals surface area contributed by atoms with Crippen LogP contribution in [0, 0.1) is 0 Å². The minimum Gasteiger partial charge on any atom is -0.508 e. The Morgan fingerprint density at radius 2 is 2.15 bits per heavy atom. The van der Waals surface area contributed by atoms with Crippen LogP contribution in [0.2, 0.25) is 5.02 Å². The van der Waals surface area contributed by atoms with Gasteiger partial charge in [0.2, 0.25) is 0 Å². The van der Waals surface area contributed by atoms with Crippen LogP contribution in [0.4, 0.5) is 0 Å². The van der Waals surface area contributed by atoms with E-state index in [9.17, 15) is 5.11 Å². The van der Waals surface area contributed by atoms with E-state index in [2.05, 4.69) is 18.9 Å². The molecule has 4 nitrogen and oxygen atoms in total. The fraction of sp³-hybridized carbons (Fsp3) is 0.467. The molecule has 0 fully saturated rings. The number of nitrogens with zero attached hydrogens (tertiary/aromatic N) is 2. The minimum atomic E-state index is -0.155. The molecular weight excluding hydrogens is 276 g/mol. The van der Waals surface area contributed by atoms with Crippen molar-refractivity contribution in [1.29, 1.82) is 0 Å². The number of hydroxylamine groups is 2. The summed E-state index contributed by atoms with van der Waals surface area (Å²) in [6.45, 7) is 5.78. The van der Waals surface area contributed by atoms with Gasteiger partial charge in [0.1, 0.15) is 17.6 Å². The third-order valence-electron chi connectivity index (χ3n) is 3.71. The highest BCUT2D eigenvalue weighted by atomic mass is 35.5. The number of likely N-dealkylation sites (N-methyl/N-ethyl adjacent to an activating group) is 2. The standard InChI is InChI=1S/C15H21ClN2O2/c1-5-17(3)9-11-10(2)20-18(4)15(11)14-12(16)7-6-8-13(14)19/h6-8,15,19H,5,9H2,1-4H3. The van der Waals surface area contributed by atoms with Gasteiger partial charge >= 0.3 is 0 Å². The van der Waals surface area contributed by atoms with E-state index in [-0.39, 0.29) is 11.8 Å². The molecule has 2 rings (SSSR count). The third kappa shape index (κ3) is 2.77. The highest BCUT2D eigenvalue weighted by molar-refractivity contribution is 6.31. The Kier molecular flexibility index (Phi) is 4.58. The van der Waals surface area contributed by atoms with E-state index in [1.165, 1.54) is 0 Å². The summed E-state index contributed by atoms with van der Waals surface area (Å²) in [5.41, 5.74) is 1.83. The monoisotopic (exact) mass is 296 g/mol. The van der Waals surface area contributed by atoms with Gasteiger partial charge in [-0.1, -0.05) is 24.6 Å². The summed E-state index contributed by atoms with van der Waals surface area (Å²) in [4.78, 5) is 7.91. The first kappa shape index (κ1) is 15.2. The molecule has 1 aromatic rings. The van der Waals surface area contributed by atoms with Crippen LogP contribution in [0.3, 0.4) is 0 Å². The van der Waals surface area contributed by atoms with E-state index in [0.717, 1.165) is 24.4 Å². The average molecular weight is 297 g/mol. The van der Waals surface area contributed by atoms with Crippen molar-refractivity contribution in [2.24, 2.45) is 0 Å². The third-order valence-corrected chi connectivity index (χ3v) is 4.04. The lowest BCUT2D eigenvalue weighted by Gasteiger charge is -2.24. The lowest BCUT2D eigenvalue weighted by atomic mass is 9.97. The lowest BCUT2D eigenvalue weighted by Crippen LogP contribution is -2.26. The van der Waals surface area contributed by atoms with Gasteiger partial charge in [0.05, 0.1) is 0 Å². The fourth-order valence-electron chi connectivity index (χ4n) is 2.49. The molecule has 0 saturated carbocycles. The van der Waals surface area contributed by atoms with E-state index >= 15 is 0 Å². The predicted molar refractivity (Wildman–Crippen MR) is 80.6 cm³/mol. The molecule has 1 aliphatic heterocycles. The molecule has 1 N–H and O–H groups in total. The van der Waals surface area contributed by atoms with Crippen LogP contribution in [-0.2, 0) is 4.84 Å². The predicted octanol–water partition coefficient (Wildman–Crippen LogP) is 3.19. The van der Waals surface area contributed by atoms with E-state index < -0.39 is 0 Å². The number of rotatable bonds is 4. The molecule has 1 unspecified atom stereocenters. The molecule has 110 valence electrons. The Labute approximate surface area is 125 Å². The zero-order chi connectivity index (χ0) is 14.9. The first-order valence-corrected chi connectivity index (χ1v) is 7.09. The molecule has 0 aromatic heterocycles. The number of hydrogen-bond donors (Lipinski definition) is 1. The second-order valence-corrected chi connectivity index (χ2v) is 5.53. The van der Waals surface area contributed by atoms with Crippen molar-refractivity contribution in [2.75, 3.05) is 27.2 Å². The second kappa shape index (κ2) is 6.04. The SMILES string of the molecule is CCN(C)CC1=C(C)ON(C)C1c1c(O)cccc1Cl. The molecule has 0 aliphatic carbocycles. The number of aromatic hydroxyl groups is 1. The van der Waals surface area contributed by atoms with E-state index in [4.69, 9.17) is 16.4 Å². The number of halogens is 1. The van der Waals surface area contributed by atoms with Gasteiger partial charge in [0, 0.05) is 29.8 Å². The molecule has 20 heavy (non-hydrogen) atoms. The van der Waals surface area contributed by atoms with Gasteiger partial charge in [-0.2, -0.15) is 0 Å². The van der Waals surface area contributed by atoms with Crippen molar-refractivity contribution < 1.29 is 9.94 Å². The van der Waals surface area contributed by atoms with Gasteiger partial charge in [-0.15, -0.1) is 5.06 Å². The summed E-state index contributed by atoms with van der Waals surface area (Å²) in [7, 11) is 3.91. The Morgan fingerprint density at radius 1 is 1.45 bits per heavy atom. The van der Waals surface area contributed by atoms with Crippen molar-refractivity contribution in [3.63, 3.8) is 0 Å². The Balaban J connectivity index is 2.42. The van der Waals surface area contributed by atoms with Crippen molar-refractivity contribution in [2.45, 2.75) is 19.9 Å². The Morgan fingerprint density at radius 3 is 2.75 bits per heavy atom. The molecule has 0 radical (unpaired) electrons. The van der Waals surface area contributed by atoms with Crippen molar-refractivity contribution in [1.82, 2.24) is 9.96 Å². The molecule has 1 heterocycles. The zero-order valence-electron chi connectivity index (χ0n) is 12.4. The highest BCUT2D eigenvalue weighted by Gasteiger charge is 2.35. The van der Waals surface area contributed by atoms with Gasteiger partial charge in [0.15, 0.2) is 0 Å². The van der Waals surface area contributed by atoms with Gasteiger partial charge in [-0.3, -0.25) is 0 Å². The van der Waals surface area contributed by atoms with Crippen molar-refractivity contribution in [3.8, 4) is 5.75 Å². The van der Waals surface area contributed by atoms with Crippen molar-refractivity contribution >= 4 is 11.6 Å². The Hall–Kier alpha value is -1.23. The summed E-state index contributed by atoms with van der Waals surface area (Å²) < 4.78 is 0. The number of allylic oxidation sites excluding steroid dienone is 1. The van der Waals surface area contributed by atoms with E-state index in [1.807, 2.05) is 14.0 Å². The molecule has 0 saturated heterocycles. The molecule has 5 heteroatoms. The summed E-state index contributed by atoms with van der Waals surface area (Å²) in [5, 5.41) is 12.5. The number of benzene rings is 1. The highest BCUT2D eigenvalue weighted by Crippen LogP contribution is 2.43. The van der Waals surface area contributed by atoms with Crippen LogP contribution in [0.1, 0.15) is 25.5 Å². The maximum absolute atomic E-state index is 10.2. The maximum Gasteiger partial charge on any atom is 0.124 e. The molecule has 0 bridgehead atoms. The average Bonchev–Trinajstić information content (AvgIpc) is 2.65. The van der Waals surface area contributed by atoms with Gasteiger partial charge < -0.3 is 14.8 Å². The molecule has 1 aromatic carbocycles. The summed E-state index contributed by atoms with van der Waals surface area (Å²) >= 11 is 6.28. The van der Waals surface area contributed by atoms with Gasteiger partial charge in [0.25, 0.3) is 0 Å². The van der Waals surface area contributed by atoms with Crippen LogP contribution >= 0.6 is 11.6 Å². The number of phenols is 1. The number of phenolic OH excluding ortho intramolecular Hbond substituents is 1. The van der Waals surface area contributed by atoms with Crippen LogP contribution in [0.15, 0.2) is 29.5 Å². The summed E-state index contributed by atoms with van der Waals surface area (Å²) in [6.07, 6.45) is 0. The molecule has 1 aliphatic rings. The van der Waals surface area contributed by atoms with Crippen LogP contribution in [0.25, 0.3) is 0 Å². The molecule has 1 atom stereocenters. The van der Waals surface area contributed by atoms with E-state index in [0.29, 0.717) is 10.6 Å². The van der Waals surface area contributed by atoms with Crippen LogP contribution < -0.4 is 0 Å². The lowest BCUT2D eigenvalue weighted by molar-refractivity contribution is -0.0951. The molecule has 0 amide bonds. The topological polar surface area (TPSA) is 35.9 Å². The molecular formula is C15H21ClN2O2. The normalized spacial score (nSPS) is 19.8. The first-order valence-electron chi connectivity index (χ1n) is 6.72. The minimum absolute atomic E-state index is 0.155. The largest absolute Gasteiger partial charge is 0.508 e. The summed E-state index contributed by atoms with van der Waals surface area (Å²) in [6, 6.07) is 5.03. The van der Waals surface area contributed by atoms with E-state index in [1.54, 1.807) is 23.3 Å². The second-order valence-electron chi connectivity index (χ2n) is 5.12. The fourth-order valence-corrected chi connectivity index (χ4v) is 2.76. The van der Waals surface area contributed by atoms with Gasteiger partial charge in [-0.05, 0) is 32.6 Å². The van der Waals surface area contributed by atoms with Crippen LogP contribution in [0.5, 0.6) is 5.75 Å². The first-order chi connectivity index (χ1) is 9.45. The van der Waals surface area contributed by atoms with Gasteiger partial charge in [-0.25, -0.2) is 0 Å². The maximum atomic E-state index is 10.2. The van der Waals surface area contributed by atoms with Crippen LogP contribution in [-0.4, -0.2) is 42.3 Å². The summed E-state index contributed by atoms with van der Waals surface area (Å²) in [5.74, 6) is 1.07. The Bertz CT molecular complexity index is 510. The zero-order valence-corrected chi connectivity index (χ0v) is 13.1. The smallest absolute Gasteiger partial charge is 0.124 e.